The van der Waals surface area contributed by atoms with Gasteiger partial charge in [0.2, 0.25) is 0 Å². The number of nitrogens with zero attached hydrogens (tertiary/aromatic N) is 3. The van der Waals surface area contributed by atoms with Gasteiger partial charge >= 0.3 is 5.97 Å². The molecular weight excluding hydrogens is 270 g/mol. The fourth-order valence-electron chi connectivity index (χ4n) is 2.12. The summed E-state index contributed by atoms with van der Waals surface area (Å²) in [6, 6.07) is 5.39. The molecule has 0 spiro atoms. The Morgan fingerprint density at radius 1 is 1.48 bits per heavy atom. The van der Waals surface area contributed by atoms with Crippen LogP contribution < -0.4 is 4.74 Å². The normalized spacial score (nSPS) is 11.4. The van der Waals surface area contributed by atoms with Crippen LogP contribution in [0.4, 0.5) is 0 Å². The number of carbonyl (C=O) groups is 1. The molecule has 6 heteroatoms. The van der Waals surface area contributed by atoms with Crippen molar-refractivity contribution in [3.8, 4) is 5.75 Å². The van der Waals surface area contributed by atoms with Gasteiger partial charge in [-0.2, -0.15) is 0 Å². The molecule has 114 valence electrons. The number of methoxy groups -OCH3 is 1. The van der Waals surface area contributed by atoms with Gasteiger partial charge in [0.05, 0.1) is 19.8 Å². The number of benzene rings is 1. The molecule has 1 unspecified atom stereocenters. The molecule has 0 radical (unpaired) electrons. The first-order valence-corrected chi connectivity index (χ1v) is 6.96. The van der Waals surface area contributed by atoms with Gasteiger partial charge in [-0.25, -0.2) is 0 Å². The topological polar surface area (TPSA) is 84.3 Å². The fourth-order valence-corrected chi connectivity index (χ4v) is 2.12. The summed E-state index contributed by atoms with van der Waals surface area (Å²) in [5.74, 6) is 0.461. The fraction of sp³-hybridized carbons (Fsp3) is 0.533. The van der Waals surface area contributed by atoms with Gasteiger partial charge in [-0.3, -0.25) is 4.79 Å². The number of esters is 1. The molecule has 21 heavy (non-hydrogen) atoms. The van der Waals surface area contributed by atoms with Crippen LogP contribution in [0, 0.1) is 6.92 Å². The summed E-state index contributed by atoms with van der Waals surface area (Å²) in [7, 11) is 1.58. The number of hydrogen-bond donors (Lipinski definition) is 0. The maximum absolute atomic E-state index is 11.3. The van der Waals surface area contributed by atoms with Crippen LogP contribution in [0.2, 0.25) is 0 Å². The minimum Gasteiger partial charge on any atom is -0.496 e. The SMILES string of the molecule is CCOC(=O)CCCC(N=[N+]=[N-])c1cc(C)ccc1OC. The zero-order valence-corrected chi connectivity index (χ0v) is 12.7. The third-order valence-corrected chi connectivity index (χ3v) is 3.10. The van der Waals surface area contributed by atoms with Gasteiger partial charge in [-0.05, 0) is 38.3 Å². The molecule has 0 aromatic heterocycles. The largest absolute Gasteiger partial charge is 0.496 e. The van der Waals surface area contributed by atoms with Crippen LogP contribution in [0.1, 0.15) is 43.4 Å². The van der Waals surface area contributed by atoms with Crippen LogP contribution in [0.3, 0.4) is 0 Å². The molecule has 0 amide bonds. The second-order valence-corrected chi connectivity index (χ2v) is 4.66. The first kappa shape index (κ1) is 16.9. The van der Waals surface area contributed by atoms with Crippen molar-refractivity contribution in [3.63, 3.8) is 0 Å². The van der Waals surface area contributed by atoms with E-state index < -0.39 is 0 Å². The summed E-state index contributed by atoms with van der Waals surface area (Å²) in [6.45, 7) is 4.12. The van der Waals surface area contributed by atoms with Crippen molar-refractivity contribution < 1.29 is 14.3 Å². The second-order valence-electron chi connectivity index (χ2n) is 4.66. The van der Waals surface area contributed by atoms with Gasteiger partial charge in [0, 0.05) is 16.9 Å². The molecule has 1 atom stereocenters. The molecule has 0 heterocycles. The van der Waals surface area contributed by atoms with Crippen molar-refractivity contribution in [2.75, 3.05) is 13.7 Å². The quantitative estimate of drug-likeness (QED) is 0.313. The lowest BCUT2D eigenvalue weighted by Gasteiger charge is -2.16. The molecule has 0 N–H and O–H groups in total. The second kappa shape index (κ2) is 8.87. The molecular formula is C15H21N3O3. The van der Waals surface area contributed by atoms with Crippen molar-refractivity contribution in [1.82, 2.24) is 0 Å². The Morgan fingerprint density at radius 2 is 2.24 bits per heavy atom. The Kier molecular flexibility index (Phi) is 7.12. The van der Waals surface area contributed by atoms with Gasteiger partial charge in [0.25, 0.3) is 0 Å². The lowest BCUT2D eigenvalue weighted by molar-refractivity contribution is -0.143. The monoisotopic (exact) mass is 291 g/mol. The molecule has 1 aromatic carbocycles. The Hall–Kier alpha value is -2.20. The van der Waals surface area contributed by atoms with Crippen molar-refractivity contribution in [2.24, 2.45) is 5.11 Å². The molecule has 0 fully saturated rings. The summed E-state index contributed by atoms with van der Waals surface area (Å²) >= 11 is 0. The molecule has 6 nitrogen and oxygen atoms in total. The van der Waals surface area contributed by atoms with E-state index in [-0.39, 0.29) is 12.0 Å². The van der Waals surface area contributed by atoms with E-state index >= 15 is 0 Å². The molecule has 0 bridgehead atoms. The molecule has 1 aromatic rings. The van der Waals surface area contributed by atoms with Gasteiger partial charge in [-0.15, -0.1) is 0 Å². The van der Waals surface area contributed by atoms with Crippen LogP contribution in [0.25, 0.3) is 10.4 Å². The summed E-state index contributed by atoms with van der Waals surface area (Å²) in [5, 5.41) is 3.84. The van der Waals surface area contributed by atoms with E-state index in [1.807, 2.05) is 25.1 Å². The van der Waals surface area contributed by atoms with E-state index in [4.69, 9.17) is 15.0 Å². The number of azide groups is 1. The van der Waals surface area contributed by atoms with Crippen LogP contribution in [0.15, 0.2) is 23.3 Å². The van der Waals surface area contributed by atoms with E-state index in [9.17, 15) is 4.79 Å². The molecule has 0 saturated carbocycles. The zero-order chi connectivity index (χ0) is 15.7. The minimum absolute atomic E-state index is 0.228. The third-order valence-electron chi connectivity index (χ3n) is 3.10. The van der Waals surface area contributed by atoms with E-state index in [0.717, 1.165) is 11.1 Å². The zero-order valence-electron chi connectivity index (χ0n) is 12.7. The maximum atomic E-state index is 11.3. The molecule has 1 rings (SSSR count). The average Bonchev–Trinajstić information content (AvgIpc) is 2.46. The van der Waals surface area contributed by atoms with Crippen LogP contribution in [0.5, 0.6) is 5.75 Å². The average molecular weight is 291 g/mol. The van der Waals surface area contributed by atoms with Crippen molar-refractivity contribution in [2.45, 2.75) is 39.2 Å². The Bertz CT molecular complexity index is 525. The highest BCUT2D eigenvalue weighted by atomic mass is 16.5. The Balaban J connectivity index is 2.80. The van der Waals surface area contributed by atoms with Crippen molar-refractivity contribution in [3.05, 3.63) is 39.8 Å². The Labute approximate surface area is 124 Å². The standard InChI is InChI=1S/C15H21N3O3/c1-4-21-15(19)7-5-6-13(17-18-16)12-10-11(2)8-9-14(12)20-3/h8-10,13H,4-7H2,1-3H3. The predicted molar refractivity (Wildman–Crippen MR) is 80.1 cm³/mol. The summed E-state index contributed by atoms with van der Waals surface area (Å²) in [6.07, 6.45) is 1.49. The Morgan fingerprint density at radius 3 is 2.86 bits per heavy atom. The maximum Gasteiger partial charge on any atom is 0.305 e. The molecule has 0 saturated heterocycles. The number of hydrogen-bond acceptors (Lipinski definition) is 4. The lowest BCUT2D eigenvalue weighted by atomic mass is 9.99. The molecule has 0 aliphatic heterocycles. The van der Waals surface area contributed by atoms with E-state index in [1.165, 1.54) is 0 Å². The van der Waals surface area contributed by atoms with Crippen LogP contribution >= 0.6 is 0 Å². The smallest absolute Gasteiger partial charge is 0.305 e. The highest BCUT2D eigenvalue weighted by Crippen LogP contribution is 2.32. The first-order chi connectivity index (χ1) is 10.1. The summed E-state index contributed by atoms with van der Waals surface area (Å²) in [5.41, 5.74) is 10.7. The highest BCUT2D eigenvalue weighted by Gasteiger charge is 2.16. The highest BCUT2D eigenvalue weighted by molar-refractivity contribution is 5.69. The van der Waals surface area contributed by atoms with Crippen molar-refractivity contribution >= 4 is 5.97 Å². The summed E-state index contributed by atoms with van der Waals surface area (Å²) < 4.78 is 10.2. The number of rotatable bonds is 8. The van der Waals surface area contributed by atoms with Crippen LogP contribution in [-0.2, 0) is 9.53 Å². The van der Waals surface area contributed by atoms with Gasteiger partial charge in [0.15, 0.2) is 0 Å². The van der Waals surface area contributed by atoms with Crippen LogP contribution in [-0.4, -0.2) is 19.7 Å². The van der Waals surface area contributed by atoms with Gasteiger partial charge in [-0.1, -0.05) is 22.8 Å². The minimum atomic E-state index is -0.348. The van der Waals surface area contributed by atoms with Gasteiger partial charge < -0.3 is 9.47 Å². The number of ether oxygens (including phenoxy) is 2. The van der Waals surface area contributed by atoms with E-state index in [2.05, 4.69) is 10.0 Å². The molecule has 0 aliphatic rings. The molecule has 0 aliphatic carbocycles. The number of carbonyl (C=O) groups excluding carboxylic acids is 1. The summed E-state index contributed by atoms with van der Waals surface area (Å²) in [4.78, 5) is 14.3. The van der Waals surface area contributed by atoms with Crippen molar-refractivity contribution in [1.29, 1.82) is 0 Å². The van der Waals surface area contributed by atoms with E-state index in [0.29, 0.717) is 31.6 Å². The predicted octanol–water partition coefficient (Wildman–Crippen LogP) is 4.09. The third kappa shape index (κ3) is 5.36. The van der Waals surface area contributed by atoms with Gasteiger partial charge in [0.1, 0.15) is 5.75 Å². The first-order valence-electron chi connectivity index (χ1n) is 6.96. The lowest BCUT2D eigenvalue weighted by Crippen LogP contribution is -2.05. The van der Waals surface area contributed by atoms with E-state index in [1.54, 1.807) is 14.0 Å². The number of aryl methyl sites for hydroxylation is 1.